The number of methoxy groups -OCH3 is 1. The van der Waals surface area contributed by atoms with Gasteiger partial charge in [-0.25, -0.2) is 8.91 Å². The lowest BCUT2D eigenvalue weighted by atomic mass is 9.85. The van der Waals surface area contributed by atoms with Gasteiger partial charge in [-0.15, -0.1) is 9.24 Å². The highest BCUT2D eigenvalue weighted by Crippen LogP contribution is 2.37. The Morgan fingerprint density at radius 1 is 1.11 bits per heavy atom. The molecule has 9 heteroatoms. The standard InChI is InChI=1S/C29H29FN5O2P/c1-4-19-24-14-22(29(36)32-18-15-31-34(5-2)16-18)25(37-3)17-35(24)33-28(19)27(20-10-6-8-12-23(20)30)21-11-7-9-13-26(21)38/h6-17,27H,4-5,38H2,1-3H3,(H,32,36). The molecule has 1 amide bonds. The third-order valence-corrected chi connectivity index (χ3v) is 7.22. The number of halogens is 1. The van der Waals surface area contributed by atoms with Gasteiger partial charge >= 0.3 is 0 Å². The van der Waals surface area contributed by atoms with Crippen LogP contribution in [0.3, 0.4) is 0 Å². The van der Waals surface area contributed by atoms with E-state index in [1.807, 2.05) is 44.2 Å². The molecule has 3 heterocycles. The molecule has 7 nitrogen and oxygen atoms in total. The maximum absolute atomic E-state index is 15.2. The van der Waals surface area contributed by atoms with E-state index in [-0.39, 0.29) is 11.7 Å². The molecule has 0 saturated heterocycles. The number of pyridine rings is 1. The van der Waals surface area contributed by atoms with Crippen molar-refractivity contribution in [1.82, 2.24) is 19.4 Å². The number of fused-ring (bicyclic) bond motifs is 1. The zero-order valence-corrected chi connectivity index (χ0v) is 22.6. The first-order chi connectivity index (χ1) is 18.4. The molecule has 0 aliphatic carbocycles. The van der Waals surface area contributed by atoms with Crippen molar-refractivity contribution >= 4 is 31.7 Å². The van der Waals surface area contributed by atoms with Gasteiger partial charge < -0.3 is 10.1 Å². The molecular weight excluding hydrogens is 500 g/mol. The van der Waals surface area contributed by atoms with E-state index in [1.54, 1.807) is 46.0 Å². The molecule has 5 aromatic rings. The number of aromatic nitrogens is 4. The van der Waals surface area contributed by atoms with Crippen LogP contribution < -0.4 is 15.4 Å². The molecule has 1 N–H and O–H groups in total. The summed E-state index contributed by atoms with van der Waals surface area (Å²) in [7, 11) is 4.27. The van der Waals surface area contributed by atoms with Crippen molar-refractivity contribution in [2.24, 2.45) is 0 Å². The van der Waals surface area contributed by atoms with E-state index in [0.717, 1.165) is 27.6 Å². The number of nitrogens with zero attached hydrogens (tertiary/aromatic N) is 4. The highest BCUT2D eigenvalue weighted by atomic mass is 31.0. The van der Waals surface area contributed by atoms with Crippen LogP contribution in [0.1, 0.15) is 52.5 Å². The number of anilines is 1. The largest absolute Gasteiger partial charge is 0.494 e. The fourth-order valence-electron chi connectivity index (χ4n) is 4.82. The Bertz CT molecular complexity index is 1580. The fourth-order valence-corrected chi connectivity index (χ4v) is 5.19. The van der Waals surface area contributed by atoms with Crippen LogP contribution in [0.5, 0.6) is 5.75 Å². The Labute approximate surface area is 222 Å². The Hall–Kier alpha value is -4.03. The summed E-state index contributed by atoms with van der Waals surface area (Å²) in [5.41, 5.74) is 4.88. The van der Waals surface area contributed by atoms with Crippen LogP contribution in [0.2, 0.25) is 0 Å². The number of nitrogens with one attached hydrogen (secondary N) is 1. The second-order valence-corrected chi connectivity index (χ2v) is 9.55. The summed E-state index contributed by atoms with van der Waals surface area (Å²) in [6.07, 6.45) is 5.73. The Morgan fingerprint density at radius 2 is 1.84 bits per heavy atom. The summed E-state index contributed by atoms with van der Waals surface area (Å²) in [6.45, 7) is 4.71. The van der Waals surface area contributed by atoms with E-state index < -0.39 is 5.92 Å². The average molecular weight is 530 g/mol. The van der Waals surface area contributed by atoms with E-state index in [2.05, 4.69) is 19.7 Å². The van der Waals surface area contributed by atoms with Gasteiger partial charge in [0.15, 0.2) is 0 Å². The molecule has 3 aromatic heterocycles. The minimum absolute atomic E-state index is 0.296. The number of hydrogen-bond acceptors (Lipinski definition) is 4. The molecule has 0 spiro atoms. The Kier molecular flexibility index (Phi) is 7.25. The molecule has 2 aromatic carbocycles. The molecule has 0 bridgehead atoms. The van der Waals surface area contributed by atoms with E-state index >= 15 is 4.39 Å². The summed E-state index contributed by atoms with van der Waals surface area (Å²) < 4.78 is 24.3. The first kappa shape index (κ1) is 25.6. The number of carbonyl (C=O) groups is 1. The monoisotopic (exact) mass is 529 g/mol. The van der Waals surface area contributed by atoms with Crippen molar-refractivity contribution in [1.29, 1.82) is 0 Å². The van der Waals surface area contributed by atoms with Gasteiger partial charge in [0, 0.05) is 23.9 Å². The molecule has 38 heavy (non-hydrogen) atoms. The molecule has 194 valence electrons. The van der Waals surface area contributed by atoms with Crippen LogP contribution in [-0.4, -0.2) is 32.4 Å². The van der Waals surface area contributed by atoms with Gasteiger partial charge in [0.05, 0.1) is 47.9 Å². The van der Waals surface area contributed by atoms with Crippen molar-refractivity contribution in [2.45, 2.75) is 32.7 Å². The molecule has 2 atom stereocenters. The van der Waals surface area contributed by atoms with Gasteiger partial charge in [-0.2, -0.15) is 10.2 Å². The summed E-state index contributed by atoms with van der Waals surface area (Å²) >= 11 is 0. The van der Waals surface area contributed by atoms with Gasteiger partial charge in [-0.3, -0.25) is 9.48 Å². The average Bonchev–Trinajstić information content (AvgIpc) is 3.53. The molecule has 0 saturated carbocycles. The van der Waals surface area contributed by atoms with Crippen LogP contribution in [0.15, 0.2) is 73.2 Å². The third-order valence-electron chi connectivity index (χ3n) is 6.70. The number of rotatable bonds is 8. The van der Waals surface area contributed by atoms with Crippen molar-refractivity contribution in [2.75, 3.05) is 12.4 Å². The minimum atomic E-state index is -0.442. The van der Waals surface area contributed by atoms with Gasteiger partial charge in [0.1, 0.15) is 11.6 Å². The van der Waals surface area contributed by atoms with E-state index in [0.29, 0.717) is 35.5 Å². The Balaban J connectivity index is 1.68. The van der Waals surface area contributed by atoms with Crippen LogP contribution in [0.25, 0.3) is 5.52 Å². The molecule has 0 fully saturated rings. The second kappa shape index (κ2) is 10.8. The second-order valence-electron chi connectivity index (χ2n) is 8.92. The number of carbonyl (C=O) groups excluding carboxylic acids is 1. The zero-order valence-electron chi connectivity index (χ0n) is 21.5. The lowest BCUT2D eigenvalue weighted by Crippen LogP contribution is -2.14. The highest BCUT2D eigenvalue weighted by Gasteiger charge is 2.28. The van der Waals surface area contributed by atoms with Crippen molar-refractivity contribution in [3.05, 3.63) is 107 Å². The van der Waals surface area contributed by atoms with E-state index in [4.69, 9.17) is 9.84 Å². The summed E-state index contributed by atoms with van der Waals surface area (Å²) in [5, 5.41) is 13.0. The lowest BCUT2D eigenvalue weighted by molar-refractivity contribution is 0.102. The van der Waals surface area contributed by atoms with Crippen LogP contribution in [0.4, 0.5) is 10.1 Å². The van der Waals surface area contributed by atoms with Crippen molar-refractivity contribution in [3.8, 4) is 5.75 Å². The van der Waals surface area contributed by atoms with Gasteiger partial charge in [-0.05, 0) is 36.3 Å². The summed E-state index contributed by atoms with van der Waals surface area (Å²) in [6, 6.07) is 16.5. The normalized spacial score (nSPS) is 12.0. The van der Waals surface area contributed by atoms with E-state index in [1.165, 1.54) is 13.2 Å². The lowest BCUT2D eigenvalue weighted by Gasteiger charge is -2.20. The maximum Gasteiger partial charge on any atom is 0.259 e. The molecule has 2 unspecified atom stereocenters. The molecule has 0 radical (unpaired) electrons. The molecule has 0 aliphatic heterocycles. The number of ether oxygens (including phenoxy) is 1. The van der Waals surface area contributed by atoms with Crippen LogP contribution in [-0.2, 0) is 13.0 Å². The predicted octanol–water partition coefficient (Wildman–Crippen LogP) is 5.19. The number of benzene rings is 2. The molecule has 5 rings (SSSR count). The van der Waals surface area contributed by atoms with Gasteiger partial charge in [-0.1, -0.05) is 49.4 Å². The SMILES string of the molecule is CCc1c(C(c2ccccc2F)c2ccccc2P)nn2cc(OC)c(C(=O)Nc3cnn(CC)c3)cc12. The third kappa shape index (κ3) is 4.68. The van der Waals surface area contributed by atoms with Gasteiger partial charge in [0.2, 0.25) is 0 Å². The number of amides is 1. The van der Waals surface area contributed by atoms with Crippen molar-refractivity contribution in [3.63, 3.8) is 0 Å². The number of hydrogen-bond donors (Lipinski definition) is 1. The predicted molar refractivity (Wildman–Crippen MR) is 150 cm³/mol. The maximum atomic E-state index is 15.2. The first-order valence-corrected chi connectivity index (χ1v) is 13.0. The summed E-state index contributed by atoms with van der Waals surface area (Å²) in [5.74, 6) is -0.674. The highest BCUT2D eigenvalue weighted by molar-refractivity contribution is 7.27. The minimum Gasteiger partial charge on any atom is -0.494 e. The first-order valence-electron chi connectivity index (χ1n) is 12.5. The van der Waals surface area contributed by atoms with Crippen LogP contribution >= 0.6 is 9.24 Å². The fraction of sp³-hybridized carbons (Fsp3) is 0.207. The zero-order chi connectivity index (χ0) is 26.8. The molecule has 0 aliphatic rings. The van der Waals surface area contributed by atoms with E-state index in [9.17, 15) is 4.79 Å². The number of aryl methyl sites for hydroxylation is 2. The smallest absolute Gasteiger partial charge is 0.259 e. The quantitative estimate of drug-likeness (QED) is 0.281. The topological polar surface area (TPSA) is 73.5 Å². The summed E-state index contributed by atoms with van der Waals surface area (Å²) in [4.78, 5) is 13.3. The Morgan fingerprint density at radius 3 is 2.50 bits per heavy atom. The van der Waals surface area contributed by atoms with Crippen LogP contribution in [0, 0.1) is 5.82 Å². The van der Waals surface area contributed by atoms with Gasteiger partial charge in [0.25, 0.3) is 5.91 Å². The van der Waals surface area contributed by atoms with Crippen molar-refractivity contribution < 1.29 is 13.9 Å². The molecular formula is C29H29FN5O2P.